The number of benzene rings is 1. The monoisotopic (exact) mass is 370 g/mol. The van der Waals surface area contributed by atoms with Crippen molar-refractivity contribution in [3.63, 3.8) is 0 Å². The van der Waals surface area contributed by atoms with Crippen LogP contribution in [-0.2, 0) is 13.1 Å². The molecule has 0 atom stereocenters. The number of hydrogen-bond acceptors (Lipinski definition) is 4. The molecule has 2 heterocycles. The van der Waals surface area contributed by atoms with Gasteiger partial charge in [-0.05, 0) is 46.0 Å². The number of likely N-dealkylation sites (tertiary alicyclic amines) is 1. The number of amides is 2. The Balaban J connectivity index is 1.64. The number of anilines is 1. The Hall–Kier alpha value is -2.41. The number of aromatic nitrogens is 3. The van der Waals surface area contributed by atoms with Crippen LogP contribution in [0.3, 0.4) is 0 Å². The van der Waals surface area contributed by atoms with E-state index >= 15 is 0 Å². The van der Waals surface area contributed by atoms with E-state index in [1.165, 1.54) is 0 Å². The Labute approximate surface area is 161 Å². The third kappa shape index (κ3) is 4.30. The lowest BCUT2D eigenvalue weighted by molar-refractivity contribution is 0.187. The summed E-state index contributed by atoms with van der Waals surface area (Å²) in [5.74, 6) is 2.44. The summed E-state index contributed by atoms with van der Waals surface area (Å²) in [5, 5.41) is 8.90. The topological polar surface area (TPSA) is 57.5 Å². The molecule has 1 aromatic heterocycles. The zero-order valence-electron chi connectivity index (χ0n) is 16.8. The van der Waals surface area contributed by atoms with E-state index in [4.69, 9.17) is 0 Å². The van der Waals surface area contributed by atoms with Gasteiger partial charge in [0.15, 0.2) is 0 Å². The van der Waals surface area contributed by atoms with Crippen LogP contribution in [0.1, 0.15) is 37.3 Å². The molecule has 1 fully saturated rings. The van der Waals surface area contributed by atoms with E-state index in [1.807, 2.05) is 56.4 Å². The summed E-state index contributed by atoms with van der Waals surface area (Å²) >= 11 is 0. The van der Waals surface area contributed by atoms with Crippen molar-refractivity contribution < 1.29 is 4.79 Å². The maximum absolute atomic E-state index is 12.8. The van der Waals surface area contributed by atoms with Crippen molar-refractivity contribution >= 4 is 11.7 Å². The van der Waals surface area contributed by atoms with Crippen LogP contribution in [0.4, 0.5) is 10.5 Å². The van der Waals surface area contributed by atoms with Gasteiger partial charge >= 0.3 is 6.03 Å². The molecule has 3 rings (SSSR count). The average molecular weight is 371 g/mol. The van der Waals surface area contributed by atoms with Crippen molar-refractivity contribution in [2.75, 3.05) is 39.1 Å². The van der Waals surface area contributed by atoms with E-state index < -0.39 is 0 Å². The van der Waals surface area contributed by atoms with Crippen molar-refractivity contribution in [2.45, 2.75) is 38.8 Å². The van der Waals surface area contributed by atoms with Crippen LogP contribution in [0, 0.1) is 0 Å². The molecule has 1 aliphatic rings. The van der Waals surface area contributed by atoms with Crippen LogP contribution in [0.25, 0.3) is 0 Å². The van der Waals surface area contributed by atoms with Crippen molar-refractivity contribution in [2.24, 2.45) is 0 Å². The number of rotatable bonds is 5. The van der Waals surface area contributed by atoms with Gasteiger partial charge in [0.05, 0.1) is 6.54 Å². The smallest absolute Gasteiger partial charge is 0.324 e. The molecule has 1 saturated heterocycles. The molecule has 0 saturated carbocycles. The van der Waals surface area contributed by atoms with E-state index in [-0.39, 0.29) is 6.03 Å². The molecule has 0 radical (unpaired) electrons. The Morgan fingerprint density at radius 1 is 1.11 bits per heavy atom. The SMILES string of the molecule is CCn1c(CN(C)C)nnc1C1CCN(C(=O)N(C)c2ccccc2)CC1. The minimum atomic E-state index is 0.0601. The second-order valence-corrected chi connectivity index (χ2v) is 7.39. The Morgan fingerprint density at radius 3 is 2.37 bits per heavy atom. The predicted molar refractivity (Wildman–Crippen MR) is 107 cm³/mol. The van der Waals surface area contributed by atoms with Gasteiger partial charge in [-0.15, -0.1) is 10.2 Å². The van der Waals surface area contributed by atoms with Crippen LogP contribution in [0.5, 0.6) is 0 Å². The van der Waals surface area contributed by atoms with Crippen LogP contribution in [0.2, 0.25) is 0 Å². The fraction of sp³-hybridized carbons (Fsp3) is 0.550. The highest BCUT2D eigenvalue weighted by Crippen LogP contribution is 2.28. The first kappa shape index (κ1) is 19.4. The Morgan fingerprint density at radius 2 is 1.78 bits per heavy atom. The molecule has 146 valence electrons. The zero-order chi connectivity index (χ0) is 19.4. The summed E-state index contributed by atoms with van der Waals surface area (Å²) in [4.78, 5) is 18.6. The van der Waals surface area contributed by atoms with Crippen molar-refractivity contribution in [3.8, 4) is 0 Å². The van der Waals surface area contributed by atoms with E-state index in [9.17, 15) is 4.79 Å². The minimum Gasteiger partial charge on any atom is -0.324 e. The predicted octanol–water partition coefficient (Wildman–Crippen LogP) is 2.80. The second-order valence-electron chi connectivity index (χ2n) is 7.39. The van der Waals surface area contributed by atoms with Crippen LogP contribution in [-0.4, -0.2) is 64.8 Å². The molecule has 0 spiro atoms. The number of piperidine rings is 1. The molecule has 2 amide bonds. The third-order valence-corrected chi connectivity index (χ3v) is 5.19. The van der Waals surface area contributed by atoms with Gasteiger partial charge in [-0.1, -0.05) is 18.2 Å². The van der Waals surface area contributed by atoms with Crippen LogP contribution in [0.15, 0.2) is 30.3 Å². The largest absolute Gasteiger partial charge is 0.324 e. The molecule has 0 N–H and O–H groups in total. The summed E-state index contributed by atoms with van der Waals surface area (Å²) in [5.41, 5.74) is 0.920. The van der Waals surface area contributed by atoms with Gasteiger partial charge < -0.3 is 14.4 Å². The molecule has 2 aromatic rings. The van der Waals surface area contributed by atoms with Gasteiger partial charge in [-0.3, -0.25) is 4.90 Å². The standard InChI is InChI=1S/C20H30N6O/c1-5-26-18(15-23(2)3)21-22-19(26)16-11-13-25(14-12-16)20(27)24(4)17-9-7-6-8-10-17/h6-10,16H,5,11-15H2,1-4H3. The van der Waals surface area contributed by atoms with Crippen molar-refractivity contribution in [1.29, 1.82) is 0 Å². The highest BCUT2D eigenvalue weighted by atomic mass is 16.2. The molecule has 27 heavy (non-hydrogen) atoms. The van der Waals surface area contributed by atoms with E-state index in [1.54, 1.807) is 4.90 Å². The summed E-state index contributed by atoms with van der Waals surface area (Å²) in [6.45, 7) is 5.31. The number of para-hydroxylation sites is 1. The number of nitrogens with zero attached hydrogens (tertiary/aromatic N) is 6. The van der Waals surface area contributed by atoms with Gasteiger partial charge in [0, 0.05) is 38.3 Å². The fourth-order valence-electron chi connectivity index (χ4n) is 3.70. The molecular formula is C20H30N6O. The Kier molecular flexibility index (Phi) is 6.11. The van der Waals surface area contributed by atoms with Crippen molar-refractivity contribution in [3.05, 3.63) is 42.0 Å². The molecular weight excluding hydrogens is 340 g/mol. The lowest BCUT2D eigenvalue weighted by Gasteiger charge is -2.34. The molecule has 0 aliphatic carbocycles. The first-order valence-electron chi connectivity index (χ1n) is 9.65. The molecule has 7 nitrogen and oxygen atoms in total. The summed E-state index contributed by atoms with van der Waals surface area (Å²) in [7, 11) is 5.92. The third-order valence-electron chi connectivity index (χ3n) is 5.19. The number of urea groups is 1. The summed E-state index contributed by atoms with van der Waals surface area (Å²) in [6.07, 6.45) is 1.85. The molecule has 0 unspecified atom stereocenters. The number of carbonyl (C=O) groups excluding carboxylic acids is 1. The summed E-state index contributed by atoms with van der Waals surface area (Å²) in [6, 6.07) is 9.84. The second kappa shape index (κ2) is 8.52. The highest BCUT2D eigenvalue weighted by molar-refractivity contribution is 5.91. The lowest BCUT2D eigenvalue weighted by Crippen LogP contribution is -2.45. The number of hydrogen-bond donors (Lipinski definition) is 0. The first-order valence-corrected chi connectivity index (χ1v) is 9.65. The maximum Gasteiger partial charge on any atom is 0.324 e. The zero-order valence-corrected chi connectivity index (χ0v) is 16.8. The minimum absolute atomic E-state index is 0.0601. The van der Waals surface area contributed by atoms with E-state index in [2.05, 4.69) is 26.6 Å². The molecule has 1 aromatic carbocycles. The Bertz CT molecular complexity index is 749. The van der Waals surface area contributed by atoms with Gasteiger partial charge in [-0.2, -0.15) is 0 Å². The average Bonchev–Trinajstić information content (AvgIpc) is 3.09. The van der Waals surface area contributed by atoms with E-state index in [0.29, 0.717) is 5.92 Å². The highest BCUT2D eigenvalue weighted by Gasteiger charge is 2.29. The number of carbonyl (C=O) groups is 1. The van der Waals surface area contributed by atoms with Gasteiger partial charge in [-0.25, -0.2) is 4.79 Å². The quantitative estimate of drug-likeness (QED) is 0.812. The normalized spacial score (nSPS) is 15.4. The lowest BCUT2D eigenvalue weighted by atomic mass is 9.96. The van der Waals surface area contributed by atoms with Crippen molar-refractivity contribution in [1.82, 2.24) is 24.6 Å². The van der Waals surface area contributed by atoms with Crippen LogP contribution >= 0.6 is 0 Å². The van der Waals surface area contributed by atoms with Gasteiger partial charge in [0.1, 0.15) is 11.6 Å². The fourth-order valence-corrected chi connectivity index (χ4v) is 3.70. The van der Waals surface area contributed by atoms with Gasteiger partial charge in [0.25, 0.3) is 0 Å². The molecule has 7 heteroatoms. The summed E-state index contributed by atoms with van der Waals surface area (Å²) < 4.78 is 2.23. The molecule has 1 aliphatic heterocycles. The first-order chi connectivity index (χ1) is 13.0. The molecule has 0 bridgehead atoms. The maximum atomic E-state index is 12.8. The van der Waals surface area contributed by atoms with Gasteiger partial charge in [0.2, 0.25) is 0 Å². The van der Waals surface area contributed by atoms with Crippen LogP contribution < -0.4 is 4.90 Å². The van der Waals surface area contributed by atoms with E-state index in [0.717, 1.165) is 56.4 Å².